The molecule has 1 aliphatic rings. The van der Waals surface area contributed by atoms with Crippen LogP contribution in [0, 0.1) is 27.3 Å². The standard InChI is InChI=1S/C19H13ClF4N4O3/c20-12-6-10(2-4-16(12)28(30)31)11-7-15(26-17(11)19(22,23)24)18(29)27-14-3-1-9(8-25)5-13(14)21/h1-6,11,15,17,26H,7H2,(H,27,29). The minimum atomic E-state index is -4.73. The Morgan fingerprint density at radius 3 is 2.55 bits per heavy atom. The number of amides is 1. The molecule has 0 bridgehead atoms. The molecule has 2 aromatic carbocycles. The van der Waals surface area contributed by atoms with Crippen molar-refractivity contribution in [3.05, 3.63) is 68.5 Å². The fraction of sp³-hybridized carbons (Fsp3) is 0.263. The zero-order chi connectivity index (χ0) is 22.9. The van der Waals surface area contributed by atoms with E-state index < -0.39 is 46.5 Å². The maximum absolute atomic E-state index is 14.0. The molecule has 3 rings (SSSR count). The molecule has 7 nitrogen and oxygen atoms in total. The largest absolute Gasteiger partial charge is 0.404 e. The Hall–Kier alpha value is -3.23. The lowest BCUT2D eigenvalue weighted by atomic mass is 9.90. The van der Waals surface area contributed by atoms with E-state index in [1.54, 1.807) is 6.07 Å². The zero-order valence-corrected chi connectivity index (χ0v) is 16.2. The van der Waals surface area contributed by atoms with Gasteiger partial charge in [0.15, 0.2) is 0 Å². The van der Waals surface area contributed by atoms with Gasteiger partial charge in [-0.05, 0) is 36.2 Å². The van der Waals surface area contributed by atoms with Crippen LogP contribution in [0.3, 0.4) is 0 Å². The van der Waals surface area contributed by atoms with Gasteiger partial charge in [-0.3, -0.25) is 20.2 Å². The minimum absolute atomic E-state index is 0.0155. The van der Waals surface area contributed by atoms with Gasteiger partial charge in [-0.1, -0.05) is 17.7 Å². The first kappa shape index (κ1) is 22.5. The predicted molar refractivity (Wildman–Crippen MR) is 102 cm³/mol. The molecule has 0 radical (unpaired) electrons. The first-order valence-corrected chi connectivity index (χ1v) is 9.16. The molecule has 162 valence electrons. The Balaban J connectivity index is 1.84. The fourth-order valence-electron chi connectivity index (χ4n) is 3.43. The van der Waals surface area contributed by atoms with E-state index in [4.69, 9.17) is 16.9 Å². The van der Waals surface area contributed by atoms with Gasteiger partial charge in [0.2, 0.25) is 5.91 Å². The van der Waals surface area contributed by atoms with Crippen LogP contribution in [0.5, 0.6) is 0 Å². The number of rotatable bonds is 4. The van der Waals surface area contributed by atoms with Crippen molar-refractivity contribution in [2.45, 2.75) is 30.6 Å². The summed E-state index contributed by atoms with van der Waals surface area (Å²) in [5.41, 5.74) is -0.645. The third-order valence-electron chi connectivity index (χ3n) is 4.89. The zero-order valence-electron chi connectivity index (χ0n) is 15.4. The molecule has 0 aliphatic carbocycles. The highest BCUT2D eigenvalue weighted by Crippen LogP contribution is 2.41. The first-order valence-electron chi connectivity index (χ1n) is 8.78. The van der Waals surface area contributed by atoms with Crippen LogP contribution in [-0.2, 0) is 4.79 Å². The van der Waals surface area contributed by atoms with Crippen molar-refractivity contribution >= 4 is 28.9 Å². The fourth-order valence-corrected chi connectivity index (χ4v) is 3.69. The molecular formula is C19H13ClF4N4O3. The molecule has 3 unspecified atom stereocenters. The Morgan fingerprint density at radius 1 is 1.29 bits per heavy atom. The van der Waals surface area contributed by atoms with Crippen molar-refractivity contribution in [1.29, 1.82) is 5.26 Å². The highest BCUT2D eigenvalue weighted by Gasteiger charge is 2.52. The number of nitriles is 1. The van der Waals surface area contributed by atoms with Crippen LogP contribution < -0.4 is 10.6 Å². The van der Waals surface area contributed by atoms with Crippen molar-refractivity contribution < 1.29 is 27.3 Å². The van der Waals surface area contributed by atoms with Crippen molar-refractivity contribution in [3.8, 4) is 6.07 Å². The second-order valence-electron chi connectivity index (χ2n) is 6.84. The summed E-state index contributed by atoms with van der Waals surface area (Å²) in [6.07, 6.45) is -5.03. The number of halogens is 5. The highest BCUT2D eigenvalue weighted by atomic mass is 35.5. The normalized spacial score (nSPS) is 20.8. The maximum Gasteiger partial charge on any atom is 0.404 e. The van der Waals surface area contributed by atoms with Gasteiger partial charge >= 0.3 is 6.18 Å². The second-order valence-corrected chi connectivity index (χ2v) is 7.25. The van der Waals surface area contributed by atoms with Gasteiger partial charge in [0.1, 0.15) is 16.9 Å². The third-order valence-corrected chi connectivity index (χ3v) is 5.20. The molecule has 31 heavy (non-hydrogen) atoms. The Morgan fingerprint density at radius 2 is 2.00 bits per heavy atom. The van der Waals surface area contributed by atoms with Crippen LogP contribution in [0.25, 0.3) is 0 Å². The number of nitro groups is 1. The second kappa shape index (κ2) is 8.49. The number of nitro benzene ring substituents is 1. The van der Waals surface area contributed by atoms with Crippen LogP contribution in [0.2, 0.25) is 5.02 Å². The summed E-state index contributed by atoms with van der Waals surface area (Å²) in [5.74, 6) is -3.05. The molecule has 1 aliphatic heterocycles. The average molecular weight is 457 g/mol. The molecule has 2 aromatic rings. The number of benzene rings is 2. The molecule has 1 saturated heterocycles. The Bertz CT molecular complexity index is 1090. The number of alkyl halides is 3. The lowest BCUT2D eigenvalue weighted by molar-refractivity contribution is -0.384. The van der Waals surface area contributed by atoms with Gasteiger partial charge < -0.3 is 5.32 Å². The molecule has 12 heteroatoms. The van der Waals surface area contributed by atoms with E-state index in [9.17, 15) is 32.5 Å². The number of carbonyl (C=O) groups is 1. The summed E-state index contributed by atoms with van der Waals surface area (Å²) in [6.45, 7) is 0. The highest BCUT2D eigenvalue weighted by molar-refractivity contribution is 6.32. The number of nitrogens with zero attached hydrogens (tertiary/aromatic N) is 2. The van der Waals surface area contributed by atoms with Crippen molar-refractivity contribution in [2.75, 3.05) is 5.32 Å². The lowest BCUT2D eigenvalue weighted by Crippen LogP contribution is -2.46. The summed E-state index contributed by atoms with van der Waals surface area (Å²) in [4.78, 5) is 22.6. The van der Waals surface area contributed by atoms with Gasteiger partial charge in [0.05, 0.1) is 28.3 Å². The number of hydrogen-bond acceptors (Lipinski definition) is 5. The van der Waals surface area contributed by atoms with Gasteiger partial charge in [-0.25, -0.2) is 4.39 Å². The van der Waals surface area contributed by atoms with Crippen LogP contribution in [0.1, 0.15) is 23.5 Å². The SMILES string of the molecule is N#Cc1ccc(NC(=O)C2CC(c3ccc([N+](=O)[O-])c(Cl)c3)C(C(F)(F)F)N2)c(F)c1. The van der Waals surface area contributed by atoms with Crippen LogP contribution in [-0.4, -0.2) is 29.1 Å². The van der Waals surface area contributed by atoms with Gasteiger partial charge in [-0.2, -0.15) is 18.4 Å². The summed E-state index contributed by atoms with van der Waals surface area (Å²) < 4.78 is 54.8. The summed E-state index contributed by atoms with van der Waals surface area (Å²) in [5, 5.41) is 23.7. The summed E-state index contributed by atoms with van der Waals surface area (Å²) in [6, 6.07) is 4.80. The van der Waals surface area contributed by atoms with Crippen molar-refractivity contribution in [2.24, 2.45) is 0 Å². The summed E-state index contributed by atoms with van der Waals surface area (Å²) in [7, 11) is 0. The van der Waals surface area contributed by atoms with E-state index in [0.29, 0.717) is 0 Å². The smallest absolute Gasteiger partial charge is 0.322 e. The number of anilines is 1. The molecule has 1 heterocycles. The molecule has 1 fully saturated rings. The number of nitrogens with one attached hydrogen (secondary N) is 2. The lowest BCUT2D eigenvalue weighted by Gasteiger charge is -2.22. The molecule has 0 saturated carbocycles. The van der Waals surface area contributed by atoms with Crippen LogP contribution in [0.4, 0.5) is 28.9 Å². The molecule has 1 amide bonds. The third kappa shape index (κ3) is 4.76. The maximum atomic E-state index is 14.0. The van der Waals surface area contributed by atoms with Crippen molar-refractivity contribution in [3.63, 3.8) is 0 Å². The van der Waals surface area contributed by atoms with Crippen LogP contribution >= 0.6 is 11.6 Å². The van der Waals surface area contributed by atoms with E-state index in [-0.39, 0.29) is 28.3 Å². The van der Waals surface area contributed by atoms with E-state index in [1.165, 1.54) is 6.07 Å². The van der Waals surface area contributed by atoms with E-state index in [0.717, 1.165) is 30.3 Å². The van der Waals surface area contributed by atoms with Crippen LogP contribution in [0.15, 0.2) is 36.4 Å². The number of carbonyl (C=O) groups excluding carboxylic acids is 1. The van der Waals surface area contributed by atoms with E-state index in [2.05, 4.69) is 10.6 Å². The molecule has 0 spiro atoms. The Labute approximate surface area is 177 Å². The Kier molecular flexibility index (Phi) is 6.15. The minimum Gasteiger partial charge on any atom is -0.322 e. The average Bonchev–Trinajstić information content (AvgIpc) is 3.15. The molecule has 2 N–H and O–H groups in total. The first-order chi connectivity index (χ1) is 14.5. The molecule has 3 atom stereocenters. The predicted octanol–water partition coefficient (Wildman–Crippen LogP) is 4.27. The van der Waals surface area contributed by atoms with E-state index in [1.807, 2.05) is 0 Å². The quantitative estimate of drug-likeness (QED) is 0.405. The molecule has 0 aromatic heterocycles. The monoisotopic (exact) mass is 456 g/mol. The topological polar surface area (TPSA) is 108 Å². The van der Waals surface area contributed by atoms with E-state index >= 15 is 0 Å². The number of hydrogen-bond donors (Lipinski definition) is 2. The van der Waals surface area contributed by atoms with Gasteiger partial charge in [0, 0.05) is 12.0 Å². The summed E-state index contributed by atoms with van der Waals surface area (Å²) >= 11 is 5.83. The van der Waals surface area contributed by atoms with Gasteiger partial charge in [-0.15, -0.1) is 0 Å². The van der Waals surface area contributed by atoms with Crippen molar-refractivity contribution in [1.82, 2.24) is 5.32 Å². The molecular weight excluding hydrogens is 444 g/mol. The van der Waals surface area contributed by atoms with Gasteiger partial charge in [0.25, 0.3) is 5.69 Å².